The second kappa shape index (κ2) is 4.30. The van der Waals surface area contributed by atoms with E-state index in [9.17, 15) is 4.57 Å². The Morgan fingerprint density at radius 2 is 1.78 bits per heavy atom. The largest absolute Gasteiger partial charge is 0.426 e. The van der Waals surface area contributed by atoms with Crippen molar-refractivity contribution >= 4 is 50.7 Å². The normalized spacial score (nSPS) is 24.6. The third kappa shape index (κ3) is 3.94. The lowest BCUT2D eigenvalue weighted by atomic mass is 13.9. The fourth-order valence-electron chi connectivity index (χ4n) is 0.133. The van der Waals surface area contributed by atoms with Crippen LogP contribution < -0.4 is 5.50 Å². The molecule has 1 rings (SSSR count). The minimum Gasteiger partial charge on any atom is -0.239 e. The second-order valence-corrected chi connectivity index (χ2v) is 6.02. The summed E-state index contributed by atoms with van der Waals surface area (Å²) in [7, 11) is -1.95. The average Bonchev–Trinajstić information content (AvgIpc) is 1.65. The van der Waals surface area contributed by atoms with Crippen molar-refractivity contribution in [3.05, 3.63) is 0 Å². The summed E-state index contributed by atoms with van der Waals surface area (Å²) in [5.74, 6) is 0. The molecule has 0 spiro atoms. The van der Waals surface area contributed by atoms with Crippen LogP contribution in [0.1, 0.15) is 0 Å². The van der Waals surface area contributed by atoms with Gasteiger partial charge in [0, 0.05) is 9.83 Å². The highest BCUT2D eigenvalue weighted by atomic mass is 33.5. The van der Waals surface area contributed by atoms with E-state index in [2.05, 4.69) is 7.94 Å². The van der Waals surface area contributed by atoms with Gasteiger partial charge in [0.15, 0.2) is 0 Å². The molecule has 1 saturated heterocycles. The zero-order valence-electron chi connectivity index (χ0n) is 3.47. The van der Waals surface area contributed by atoms with Crippen LogP contribution in [0.3, 0.4) is 0 Å². The third-order valence-electron chi connectivity index (χ3n) is 0.324. The Bertz CT molecular complexity index is 120. The zero-order chi connectivity index (χ0) is 6.04. The number of rotatable bonds is 0. The molecule has 0 aromatic heterocycles. The summed E-state index contributed by atoms with van der Waals surface area (Å²) in [6, 6.07) is 0. The Labute approximate surface area is 68.8 Å². The molecular formula is H6NO3PS3Si. The molecule has 0 radical (unpaired) electrons. The van der Waals surface area contributed by atoms with Crippen LogP contribution in [0.2, 0.25) is 0 Å². The van der Waals surface area contributed by atoms with Crippen molar-refractivity contribution < 1.29 is 12.5 Å². The molecule has 0 amide bonds. The molecule has 0 bridgehead atoms. The van der Waals surface area contributed by atoms with Gasteiger partial charge in [-0.1, -0.05) is 0 Å². The van der Waals surface area contributed by atoms with Gasteiger partial charge in [-0.25, -0.2) is 18.0 Å². The van der Waals surface area contributed by atoms with Crippen molar-refractivity contribution in [1.82, 2.24) is 0 Å². The van der Waals surface area contributed by atoms with E-state index in [1.54, 1.807) is 0 Å². The van der Waals surface area contributed by atoms with E-state index in [1.807, 2.05) is 0 Å². The van der Waals surface area contributed by atoms with E-state index < -0.39 is 7.75 Å². The van der Waals surface area contributed by atoms with Crippen LogP contribution >= 0.6 is 39.7 Å². The standard InChI is InChI=1S/H2NO3PS3.H4Si/c1-5(2)3-6-8-7-4-5;/h(H2,1,2);1H4. The summed E-state index contributed by atoms with van der Waals surface area (Å²) in [5.41, 5.74) is 4.93. The summed E-state index contributed by atoms with van der Waals surface area (Å²) in [6.45, 7) is 0. The van der Waals surface area contributed by atoms with Crippen LogP contribution in [0, 0.1) is 0 Å². The van der Waals surface area contributed by atoms with E-state index >= 15 is 0 Å². The molecular weight excluding hydrogens is 217 g/mol. The first-order valence-corrected chi connectivity index (χ1v) is 6.42. The average molecular weight is 223 g/mol. The molecule has 1 aliphatic rings. The molecule has 0 aliphatic carbocycles. The molecule has 1 heterocycles. The quantitative estimate of drug-likeness (QED) is 0.278. The van der Waals surface area contributed by atoms with E-state index in [1.165, 1.54) is 9.83 Å². The van der Waals surface area contributed by atoms with Gasteiger partial charge in [-0.3, -0.25) is 0 Å². The Kier molecular flexibility index (Phi) is 4.95. The maximum atomic E-state index is 10.5. The molecule has 1 fully saturated rings. The molecule has 56 valence electrons. The SMILES string of the molecule is NP1(=O)OSSSO1.[SiH4]. The molecule has 0 aromatic carbocycles. The lowest BCUT2D eigenvalue weighted by Gasteiger charge is -2.12. The van der Waals surface area contributed by atoms with Gasteiger partial charge in [0.1, 0.15) is 0 Å². The van der Waals surface area contributed by atoms with Gasteiger partial charge in [0.25, 0.3) is 0 Å². The van der Waals surface area contributed by atoms with Gasteiger partial charge >= 0.3 is 7.75 Å². The Morgan fingerprint density at radius 1 is 1.33 bits per heavy atom. The summed E-state index contributed by atoms with van der Waals surface area (Å²) < 4.78 is 19.4. The van der Waals surface area contributed by atoms with Crippen molar-refractivity contribution in [3.8, 4) is 0 Å². The van der Waals surface area contributed by atoms with Crippen molar-refractivity contribution in [2.45, 2.75) is 0 Å². The molecule has 0 atom stereocenters. The molecule has 1 aliphatic heterocycles. The minimum atomic E-state index is -3.18. The van der Waals surface area contributed by atoms with Gasteiger partial charge in [-0.15, -0.1) is 0 Å². The molecule has 0 unspecified atom stereocenters. The lowest BCUT2D eigenvalue weighted by molar-refractivity contribution is 0.436. The topological polar surface area (TPSA) is 61.6 Å². The molecule has 0 saturated carbocycles. The summed E-state index contributed by atoms with van der Waals surface area (Å²) >= 11 is 1.94. The number of nitrogens with two attached hydrogens (primary N) is 1. The van der Waals surface area contributed by atoms with Crippen LogP contribution in [0.5, 0.6) is 0 Å². The van der Waals surface area contributed by atoms with Gasteiger partial charge < -0.3 is 0 Å². The van der Waals surface area contributed by atoms with Crippen molar-refractivity contribution in [2.75, 3.05) is 0 Å². The number of hydrogen-bond donors (Lipinski definition) is 1. The fraction of sp³-hybridized carbons (Fsp3) is 0. The zero-order valence-corrected chi connectivity index (χ0v) is 6.82. The van der Waals surface area contributed by atoms with Gasteiger partial charge in [0.2, 0.25) is 0 Å². The van der Waals surface area contributed by atoms with E-state index in [-0.39, 0.29) is 11.0 Å². The predicted molar refractivity (Wildman–Crippen MR) is 48.1 cm³/mol. The van der Waals surface area contributed by atoms with Crippen molar-refractivity contribution in [2.24, 2.45) is 5.50 Å². The van der Waals surface area contributed by atoms with E-state index in [4.69, 9.17) is 5.50 Å². The number of hydrogen-bond acceptors (Lipinski definition) is 6. The Morgan fingerprint density at radius 3 is 2.00 bits per heavy atom. The highest BCUT2D eigenvalue weighted by Crippen LogP contribution is 2.60. The first-order valence-electron chi connectivity index (χ1n) is 1.47. The fourth-order valence-corrected chi connectivity index (χ4v) is 4.94. The summed E-state index contributed by atoms with van der Waals surface area (Å²) in [5, 5.41) is 0. The Balaban J connectivity index is 0.000000640. The van der Waals surface area contributed by atoms with Crippen LogP contribution in [0.15, 0.2) is 0 Å². The minimum absolute atomic E-state index is 0. The monoisotopic (exact) mass is 223 g/mol. The maximum absolute atomic E-state index is 10.5. The maximum Gasteiger partial charge on any atom is 0.426 e. The van der Waals surface area contributed by atoms with Crippen LogP contribution in [0.25, 0.3) is 0 Å². The van der Waals surface area contributed by atoms with E-state index in [0.717, 1.165) is 22.1 Å². The van der Waals surface area contributed by atoms with Crippen molar-refractivity contribution in [1.29, 1.82) is 0 Å². The summed E-state index contributed by atoms with van der Waals surface area (Å²) in [4.78, 5) is 0. The highest BCUT2D eigenvalue weighted by molar-refractivity contribution is 9.08. The van der Waals surface area contributed by atoms with Crippen molar-refractivity contribution in [3.63, 3.8) is 0 Å². The molecule has 4 nitrogen and oxygen atoms in total. The van der Waals surface area contributed by atoms with Gasteiger partial charge in [-0.05, 0) is 11.0 Å². The molecule has 9 heteroatoms. The third-order valence-corrected chi connectivity index (χ3v) is 5.01. The molecule has 2 N–H and O–H groups in total. The predicted octanol–water partition coefficient (Wildman–Crippen LogP) is 0.508. The smallest absolute Gasteiger partial charge is 0.239 e. The van der Waals surface area contributed by atoms with Crippen LogP contribution in [-0.4, -0.2) is 11.0 Å². The first-order chi connectivity index (χ1) is 3.71. The first kappa shape index (κ1) is 10.4. The highest BCUT2D eigenvalue weighted by Gasteiger charge is 2.25. The Hall–Kier alpha value is 1.38. The van der Waals surface area contributed by atoms with Crippen LogP contribution in [-0.2, 0) is 12.5 Å². The van der Waals surface area contributed by atoms with Gasteiger partial charge in [0.05, 0.1) is 22.1 Å². The second-order valence-electron chi connectivity index (χ2n) is 0.893. The van der Waals surface area contributed by atoms with Gasteiger partial charge in [-0.2, -0.15) is 0 Å². The summed E-state index contributed by atoms with van der Waals surface area (Å²) in [6.07, 6.45) is 0. The van der Waals surface area contributed by atoms with Crippen LogP contribution in [0.4, 0.5) is 0 Å². The van der Waals surface area contributed by atoms with E-state index in [0.29, 0.717) is 0 Å². The lowest BCUT2D eigenvalue weighted by Crippen LogP contribution is -1.96. The molecule has 9 heavy (non-hydrogen) atoms. The molecule has 0 aromatic rings.